The van der Waals surface area contributed by atoms with Gasteiger partial charge in [-0.2, -0.15) is 5.26 Å². The highest BCUT2D eigenvalue weighted by Crippen LogP contribution is 2.31. The van der Waals surface area contributed by atoms with Gasteiger partial charge in [-0.25, -0.2) is 4.39 Å². The molecule has 0 aliphatic carbocycles. The van der Waals surface area contributed by atoms with Crippen LogP contribution in [-0.4, -0.2) is 26.4 Å². The number of hydrogen-bond acceptors (Lipinski definition) is 6. The fourth-order valence-corrected chi connectivity index (χ4v) is 4.05. The van der Waals surface area contributed by atoms with Gasteiger partial charge in [-0.05, 0) is 55.8 Å². The highest BCUT2D eigenvalue weighted by atomic mass is 35.5. The average molecular weight is 482 g/mol. The smallest absolute Gasteiger partial charge is 0.277 e. The second kappa shape index (κ2) is 9.48. The number of nitrogens with zero attached hydrogens (tertiary/aromatic N) is 4. The summed E-state index contributed by atoms with van der Waals surface area (Å²) in [6.45, 7) is 3.59. The van der Waals surface area contributed by atoms with Crippen molar-refractivity contribution < 1.29 is 13.6 Å². The molecule has 0 spiro atoms. The van der Waals surface area contributed by atoms with Crippen LogP contribution in [0.2, 0.25) is 5.02 Å². The van der Waals surface area contributed by atoms with Crippen molar-refractivity contribution in [3.05, 3.63) is 76.2 Å². The molecule has 7 nitrogen and oxygen atoms in total. The predicted octanol–water partition coefficient (Wildman–Crippen LogP) is 5.54. The van der Waals surface area contributed by atoms with Crippen LogP contribution in [0.4, 0.5) is 10.2 Å². The van der Waals surface area contributed by atoms with Gasteiger partial charge in [0.15, 0.2) is 0 Å². The number of rotatable bonds is 6. The third-order valence-corrected chi connectivity index (χ3v) is 6.01. The molecule has 0 unspecified atom stereocenters. The van der Waals surface area contributed by atoms with E-state index in [-0.39, 0.29) is 22.7 Å². The SMILES string of the molecule is Cc1c(C#N)c(NC(=O)CSc2nnc(-c3cccc(Cl)c3)o2)n(-c2cccc(F)c2)c1C. The van der Waals surface area contributed by atoms with Gasteiger partial charge in [0.1, 0.15) is 17.7 Å². The molecule has 0 saturated carbocycles. The van der Waals surface area contributed by atoms with Crippen LogP contribution in [0.15, 0.2) is 58.2 Å². The molecule has 166 valence electrons. The Bertz CT molecular complexity index is 1390. The molecule has 0 bridgehead atoms. The van der Waals surface area contributed by atoms with Crippen molar-refractivity contribution in [3.63, 3.8) is 0 Å². The van der Waals surface area contributed by atoms with Gasteiger partial charge in [-0.3, -0.25) is 9.36 Å². The molecule has 0 saturated heterocycles. The van der Waals surface area contributed by atoms with Gasteiger partial charge in [-0.15, -0.1) is 10.2 Å². The topological polar surface area (TPSA) is 96.7 Å². The molecule has 1 amide bonds. The summed E-state index contributed by atoms with van der Waals surface area (Å²) in [6.07, 6.45) is 0. The Morgan fingerprint density at radius 2 is 2.03 bits per heavy atom. The molecule has 0 aliphatic heterocycles. The van der Waals surface area contributed by atoms with Crippen LogP contribution >= 0.6 is 23.4 Å². The molecule has 33 heavy (non-hydrogen) atoms. The molecular weight excluding hydrogens is 465 g/mol. The van der Waals surface area contributed by atoms with E-state index in [1.165, 1.54) is 12.1 Å². The number of hydrogen-bond donors (Lipinski definition) is 1. The Labute approximate surface area is 198 Å². The lowest BCUT2D eigenvalue weighted by molar-refractivity contribution is -0.113. The molecule has 4 rings (SSSR count). The number of halogens is 2. The first-order chi connectivity index (χ1) is 15.9. The maximum Gasteiger partial charge on any atom is 0.277 e. The number of carbonyl (C=O) groups excluding carboxylic acids is 1. The van der Waals surface area contributed by atoms with Gasteiger partial charge < -0.3 is 9.73 Å². The highest BCUT2D eigenvalue weighted by Gasteiger charge is 2.21. The number of thioether (sulfide) groups is 1. The number of carbonyl (C=O) groups is 1. The number of anilines is 1. The number of nitrogens with one attached hydrogen (secondary N) is 1. The molecule has 0 radical (unpaired) electrons. The third-order valence-electron chi connectivity index (χ3n) is 4.95. The Balaban J connectivity index is 1.53. The molecule has 0 aliphatic rings. The Morgan fingerprint density at radius 3 is 2.76 bits per heavy atom. The molecule has 0 fully saturated rings. The second-order valence-electron chi connectivity index (χ2n) is 7.08. The van der Waals surface area contributed by atoms with Crippen molar-refractivity contribution in [2.45, 2.75) is 19.1 Å². The van der Waals surface area contributed by atoms with Crippen LogP contribution in [0.5, 0.6) is 0 Å². The van der Waals surface area contributed by atoms with Gasteiger partial charge in [-0.1, -0.05) is 35.5 Å². The van der Waals surface area contributed by atoms with Crippen molar-refractivity contribution in [2.75, 3.05) is 11.1 Å². The summed E-state index contributed by atoms with van der Waals surface area (Å²) in [7, 11) is 0. The Kier molecular flexibility index (Phi) is 6.49. The molecule has 2 aromatic carbocycles. The summed E-state index contributed by atoms with van der Waals surface area (Å²) in [5, 5.41) is 21.1. The van der Waals surface area contributed by atoms with Gasteiger partial charge in [0, 0.05) is 16.3 Å². The fourth-order valence-electron chi connectivity index (χ4n) is 3.30. The zero-order valence-corrected chi connectivity index (χ0v) is 19.2. The van der Waals surface area contributed by atoms with Crippen LogP contribution in [0.1, 0.15) is 16.8 Å². The summed E-state index contributed by atoms with van der Waals surface area (Å²) in [5.41, 5.74) is 2.92. The van der Waals surface area contributed by atoms with Gasteiger partial charge >= 0.3 is 0 Å². The van der Waals surface area contributed by atoms with Crippen molar-refractivity contribution in [3.8, 4) is 23.2 Å². The molecule has 1 N–H and O–H groups in total. The summed E-state index contributed by atoms with van der Waals surface area (Å²) < 4.78 is 21.1. The van der Waals surface area contributed by atoms with Crippen LogP contribution in [-0.2, 0) is 4.79 Å². The van der Waals surface area contributed by atoms with E-state index in [1.54, 1.807) is 54.8 Å². The van der Waals surface area contributed by atoms with E-state index in [0.29, 0.717) is 33.3 Å². The van der Waals surface area contributed by atoms with Crippen molar-refractivity contribution >= 4 is 35.1 Å². The van der Waals surface area contributed by atoms with E-state index in [9.17, 15) is 14.4 Å². The van der Waals surface area contributed by atoms with E-state index in [4.69, 9.17) is 16.0 Å². The van der Waals surface area contributed by atoms with E-state index in [0.717, 1.165) is 17.5 Å². The number of benzene rings is 2. The van der Waals surface area contributed by atoms with Crippen LogP contribution in [0, 0.1) is 31.0 Å². The summed E-state index contributed by atoms with van der Waals surface area (Å²) in [5.74, 6) is -0.257. The zero-order valence-electron chi connectivity index (χ0n) is 17.6. The predicted molar refractivity (Wildman–Crippen MR) is 124 cm³/mol. The van der Waals surface area contributed by atoms with E-state index in [2.05, 4.69) is 21.6 Å². The molecule has 2 aromatic heterocycles. The maximum atomic E-state index is 13.8. The summed E-state index contributed by atoms with van der Waals surface area (Å²) in [6, 6.07) is 15.1. The molecular formula is C23H17ClFN5O2S. The largest absolute Gasteiger partial charge is 0.411 e. The molecule has 10 heteroatoms. The number of nitriles is 1. The van der Waals surface area contributed by atoms with Crippen molar-refractivity contribution in [1.29, 1.82) is 5.26 Å². The van der Waals surface area contributed by atoms with Gasteiger partial charge in [0.2, 0.25) is 11.8 Å². The summed E-state index contributed by atoms with van der Waals surface area (Å²) >= 11 is 7.05. The summed E-state index contributed by atoms with van der Waals surface area (Å²) in [4.78, 5) is 12.7. The highest BCUT2D eigenvalue weighted by molar-refractivity contribution is 7.99. The quantitative estimate of drug-likeness (QED) is 0.363. The Morgan fingerprint density at radius 1 is 1.24 bits per heavy atom. The number of aromatic nitrogens is 3. The monoisotopic (exact) mass is 481 g/mol. The van der Waals surface area contributed by atoms with Crippen LogP contribution in [0.3, 0.4) is 0 Å². The van der Waals surface area contributed by atoms with E-state index < -0.39 is 5.82 Å². The number of amides is 1. The fraction of sp³-hybridized carbons (Fsp3) is 0.130. The van der Waals surface area contributed by atoms with Crippen molar-refractivity contribution in [2.24, 2.45) is 0 Å². The lowest BCUT2D eigenvalue weighted by Gasteiger charge is -2.13. The average Bonchev–Trinajstić information content (AvgIpc) is 3.35. The first-order valence-electron chi connectivity index (χ1n) is 9.77. The normalized spacial score (nSPS) is 10.8. The second-order valence-corrected chi connectivity index (χ2v) is 8.44. The molecule has 0 atom stereocenters. The van der Waals surface area contributed by atoms with Gasteiger partial charge in [0.25, 0.3) is 5.22 Å². The molecule has 2 heterocycles. The first-order valence-corrected chi connectivity index (χ1v) is 11.1. The van der Waals surface area contributed by atoms with Crippen LogP contribution < -0.4 is 5.32 Å². The minimum atomic E-state index is -0.420. The zero-order chi connectivity index (χ0) is 23.5. The first kappa shape index (κ1) is 22.6. The van der Waals surface area contributed by atoms with Crippen molar-refractivity contribution in [1.82, 2.24) is 14.8 Å². The minimum Gasteiger partial charge on any atom is -0.411 e. The lowest BCUT2D eigenvalue weighted by Crippen LogP contribution is -2.17. The van der Waals surface area contributed by atoms with E-state index >= 15 is 0 Å². The third kappa shape index (κ3) is 4.77. The standard InChI is InChI=1S/C23H17ClFN5O2S/c1-13-14(2)30(18-8-4-7-17(25)10-18)21(19(13)11-26)27-20(31)12-33-23-29-28-22(32-23)15-5-3-6-16(24)9-15/h3-10H,12H2,1-2H3,(H,27,31). The lowest BCUT2D eigenvalue weighted by atomic mass is 10.2. The Hall–Kier alpha value is -3.61. The van der Waals surface area contributed by atoms with Crippen LogP contribution in [0.25, 0.3) is 17.1 Å². The minimum absolute atomic E-state index is 0.0333. The van der Waals surface area contributed by atoms with E-state index in [1.807, 2.05) is 0 Å². The molecule has 4 aromatic rings. The van der Waals surface area contributed by atoms with Gasteiger partial charge in [0.05, 0.1) is 17.0 Å². The maximum absolute atomic E-state index is 13.8.